The Morgan fingerprint density at radius 3 is 2.68 bits per heavy atom. The van der Waals surface area contributed by atoms with Crippen molar-refractivity contribution < 1.29 is 9.53 Å². The Labute approximate surface area is 165 Å². The second-order valence-corrected chi connectivity index (χ2v) is 6.76. The van der Waals surface area contributed by atoms with E-state index in [4.69, 9.17) is 4.74 Å². The zero-order valence-electron chi connectivity index (χ0n) is 16.8. The number of nitrogens with zero attached hydrogens (tertiary/aromatic N) is 5. The lowest BCUT2D eigenvalue weighted by molar-refractivity contribution is -0.120. The van der Waals surface area contributed by atoms with Gasteiger partial charge in [0.25, 0.3) is 0 Å². The molecule has 1 aliphatic rings. The number of hydrogen-bond donors (Lipinski definition) is 1. The summed E-state index contributed by atoms with van der Waals surface area (Å²) >= 11 is 0. The average Bonchev–Trinajstić information content (AvgIpc) is 3.14. The van der Waals surface area contributed by atoms with Crippen LogP contribution in [0.1, 0.15) is 12.0 Å². The van der Waals surface area contributed by atoms with E-state index in [0.29, 0.717) is 13.1 Å². The van der Waals surface area contributed by atoms with Crippen LogP contribution in [0.4, 0.5) is 5.69 Å². The first-order valence-electron chi connectivity index (χ1n) is 9.48. The normalized spacial score (nSPS) is 15.1. The molecule has 0 atom stereocenters. The van der Waals surface area contributed by atoms with E-state index < -0.39 is 0 Å². The van der Waals surface area contributed by atoms with Crippen molar-refractivity contribution in [3.05, 3.63) is 42.2 Å². The van der Waals surface area contributed by atoms with E-state index in [1.54, 1.807) is 29.9 Å². The van der Waals surface area contributed by atoms with E-state index in [9.17, 15) is 4.79 Å². The van der Waals surface area contributed by atoms with Crippen LogP contribution in [0.15, 0.2) is 41.7 Å². The molecule has 1 aromatic heterocycles. The standard InChI is InChI=1S/C20H28N6O2/c1-21-20(22-10-4-5-16-6-8-18(28-3)9-7-16)25-11-12-26(19(27)15-25)17-13-23-24(2)14-17/h6-9,13-14H,4-5,10-12,15H2,1-3H3,(H,21,22). The summed E-state index contributed by atoms with van der Waals surface area (Å²) in [6.07, 6.45) is 5.54. The van der Waals surface area contributed by atoms with Crippen molar-refractivity contribution in [3.8, 4) is 5.75 Å². The number of carbonyl (C=O) groups excluding carboxylic acids is 1. The molecule has 3 rings (SSSR count). The molecule has 1 aromatic carbocycles. The molecule has 1 N–H and O–H groups in total. The largest absolute Gasteiger partial charge is 0.497 e. The summed E-state index contributed by atoms with van der Waals surface area (Å²) in [6.45, 7) is 2.47. The molecule has 0 unspecified atom stereocenters. The number of methoxy groups -OCH3 is 1. The van der Waals surface area contributed by atoms with Gasteiger partial charge in [0, 0.05) is 39.9 Å². The second-order valence-electron chi connectivity index (χ2n) is 6.76. The number of benzene rings is 1. The Morgan fingerprint density at radius 1 is 1.29 bits per heavy atom. The fourth-order valence-electron chi connectivity index (χ4n) is 3.29. The van der Waals surface area contributed by atoms with Crippen LogP contribution in [0.25, 0.3) is 0 Å². The first-order chi connectivity index (χ1) is 13.6. The quantitative estimate of drug-likeness (QED) is 0.461. The number of hydrogen-bond acceptors (Lipinski definition) is 4. The second kappa shape index (κ2) is 9.25. The highest BCUT2D eigenvalue weighted by Gasteiger charge is 2.27. The molecule has 1 fully saturated rings. The Hall–Kier alpha value is -3.03. The number of rotatable bonds is 6. The van der Waals surface area contributed by atoms with E-state index in [1.807, 2.05) is 30.3 Å². The highest BCUT2D eigenvalue weighted by atomic mass is 16.5. The predicted molar refractivity (Wildman–Crippen MR) is 110 cm³/mol. The molecule has 0 saturated carbocycles. The molecule has 0 bridgehead atoms. The number of amides is 1. The molecular formula is C20H28N6O2. The summed E-state index contributed by atoms with van der Waals surface area (Å²) in [6, 6.07) is 8.14. The van der Waals surface area contributed by atoms with Crippen molar-refractivity contribution in [2.24, 2.45) is 12.0 Å². The summed E-state index contributed by atoms with van der Waals surface area (Å²) < 4.78 is 6.89. The number of aromatic nitrogens is 2. The molecular weight excluding hydrogens is 356 g/mol. The summed E-state index contributed by atoms with van der Waals surface area (Å²) in [4.78, 5) is 20.7. The number of aliphatic imine (C=N–C) groups is 1. The third-order valence-corrected chi connectivity index (χ3v) is 4.82. The fraction of sp³-hybridized carbons (Fsp3) is 0.450. The molecule has 150 valence electrons. The van der Waals surface area contributed by atoms with Gasteiger partial charge in [-0.1, -0.05) is 12.1 Å². The maximum atomic E-state index is 12.6. The number of aryl methyl sites for hydroxylation is 2. The van der Waals surface area contributed by atoms with Gasteiger partial charge in [0.1, 0.15) is 12.3 Å². The Bertz CT molecular complexity index is 814. The Kier molecular flexibility index (Phi) is 6.52. The summed E-state index contributed by atoms with van der Waals surface area (Å²) in [7, 11) is 5.28. The molecule has 2 heterocycles. The number of carbonyl (C=O) groups is 1. The molecule has 8 nitrogen and oxygen atoms in total. The van der Waals surface area contributed by atoms with Crippen molar-refractivity contribution in [1.82, 2.24) is 20.0 Å². The fourth-order valence-corrected chi connectivity index (χ4v) is 3.29. The highest BCUT2D eigenvalue weighted by molar-refractivity contribution is 5.98. The maximum Gasteiger partial charge on any atom is 0.246 e. The SMILES string of the molecule is CN=C(NCCCc1ccc(OC)cc1)N1CCN(c2cnn(C)c2)C(=O)C1. The smallest absolute Gasteiger partial charge is 0.246 e. The van der Waals surface area contributed by atoms with Gasteiger partial charge < -0.3 is 19.9 Å². The molecule has 1 amide bonds. The van der Waals surface area contributed by atoms with Crippen LogP contribution in [0, 0.1) is 0 Å². The average molecular weight is 384 g/mol. The topological polar surface area (TPSA) is 75.0 Å². The first-order valence-corrected chi connectivity index (χ1v) is 9.48. The lowest BCUT2D eigenvalue weighted by Gasteiger charge is -2.35. The molecule has 2 aromatic rings. The first kappa shape index (κ1) is 19.7. The van der Waals surface area contributed by atoms with E-state index in [0.717, 1.165) is 43.3 Å². The van der Waals surface area contributed by atoms with Crippen molar-refractivity contribution in [3.63, 3.8) is 0 Å². The van der Waals surface area contributed by atoms with Gasteiger partial charge in [-0.05, 0) is 30.5 Å². The summed E-state index contributed by atoms with van der Waals surface area (Å²) in [5.41, 5.74) is 2.12. The van der Waals surface area contributed by atoms with Crippen molar-refractivity contribution >= 4 is 17.6 Å². The minimum Gasteiger partial charge on any atom is -0.497 e. The van der Waals surface area contributed by atoms with Crippen LogP contribution in [0.5, 0.6) is 5.75 Å². The zero-order chi connectivity index (χ0) is 19.9. The monoisotopic (exact) mass is 384 g/mol. The van der Waals surface area contributed by atoms with Gasteiger partial charge in [-0.2, -0.15) is 5.10 Å². The third kappa shape index (κ3) is 4.82. The Balaban J connectivity index is 1.45. The van der Waals surface area contributed by atoms with E-state index in [-0.39, 0.29) is 5.91 Å². The molecule has 0 aliphatic carbocycles. The number of anilines is 1. The molecule has 1 saturated heterocycles. The summed E-state index contributed by atoms with van der Waals surface area (Å²) in [5.74, 6) is 1.70. The van der Waals surface area contributed by atoms with Crippen LogP contribution < -0.4 is 15.0 Å². The zero-order valence-corrected chi connectivity index (χ0v) is 16.8. The van der Waals surface area contributed by atoms with Gasteiger partial charge in [0.15, 0.2) is 5.96 Å². The van der Waals surface area contributed by atoms with E-state index >= 15 is 0 Å². The number of nitrogens with one attached hydrogen (secondary N) is 1. The number of ether oxygens (including phenoxy) is 1. The van der Waals surface area contributed by atoms with Crippen LogP contribution in [-0.2, 0) is 18.3 Å². The number of piperazine rings is 1. The van der Waals surface area contributed by atoms with Crippen LogP contribution in [0.3, 0.4) is 0 Å². The van der Waals surface area contributed by atoms with Crippen molar-refractivity contribution in [2.75, 3.05) is 45.2 Å². The Morgan fingerprint density at radius 2 is 2.07 bits per heavy atom. The van der Waals surface area contributed by atoms with Crippen molar-refractivity contribution in [1.29, 1.82) is 0 Å². The van der Waals surface area contributed by atoms with Gasteiger partial charge >= 0.3 is 0 Å². The molecule has 28 heavy (non-hydrogen) atoms. The van der Waals surface area contributed by atoms with E-state index in [1.165, 1.54) is 5.56 Å². The maximum absolute atomic E-state index is 12.6. The van der Waals surface area contributed by atoms with Crippen LogP contribution in [0.2, 0.25) is 0 Å². The van der Waals surface area contributed by atoms with Gasteiger partial charge in [-0.25, -0.2) is 0 Å². The van der Waals surface area contributed by atoms with Crippen molar-refractivity contribution in [2.45, 2.75) is 12.8 Å². The third-order valence-electron chi connectivity index (χ3n) is 4.82. The lowest BCUT2D eigenvalue weighted by Crippen LogP contribution is -2.55. The molecule has 8 heteroatoms. The van der Waals surface area contributed by atoms with Gasteiger partial charge in [-0.15, -0.1) is 0 Å². The minimum atomic E-state index is 0.0560. The minimum absolute atomic E-state index is 0.0560. The molecule has 1 aliphatic heterocycles. The van der Waals surface area contributed by atoms with Gasteiger partial charge in [0.05, 0.1) is 19.0 Å². The molecule has 0 spiro atoms. The lowest BCUT2D eigenvalue weighted by atomic mass is 10.1. The van der Waals surface area contributed by atoms with Crippen LogP contribution in [-0.4, -0.2) is 66.9 Å². The number of guanidine groups is 1. The predicted octanol–water partition coefficient (Wildman–Crippen LogP) is 1.29. The van der Waals surface area contributed by atoms with Gasteiger partial charge in [0.2, 0.25) is 5.91 Å². The molecule has 0 radical (unpaired) electrons. The highest BCUT2D eigenvalue weighted by Crippen LogP contribution is 2.16. The summed E-state index contributed by atoms with van der Waals surface area (Å²) in [5, 5.41) is 7.52. The van der Waals surface area contributed by atoms with E-state index in [2.05, 4.69) is 27.5 Å². The van der Waals surface area contributed by atoms with Gasteiger partial charge in [-0.3, -0.25) is 14.5 Å². The van der Waals surface area contributed by atoms with Crippen LogP contribution >= 0.6 is 0 Å².